The van der Waals surface area contributed by atoms with Crippen LogP contribution in [-0.4, -0.2) is 66.6 Å². The first-order valence-electron chi connectivity index (χ1n) is 11.2. The smallest absolute Gasteiger partial charge is 0.410 e. The Labute approximate surface area is 200 Å². The number of fused-ring (bicyclic) bond motifs is 3. The summed E-state index contributed by atoms with van der Waals surface area (Å²) in [6.45, 7) is 5.65. The van der Waals surface area contributed by atoms with Crippen LogP contribution in [0.5, 0.6) is 11.6 Å². The van der Waals surface area contributed by atoms with Crippen LogP contribution < -0.4 is 9.47 Å². The van der Waals surface area contributed by atoms with Crippen LogP contribution in [0.3, 0.4) is 0 Å². The highest BCUT2D eigenvalue weighted by atomic mass is 32.1. The van der Waals surface area contributed by atoms with Crippen LogP contribution in [-0.2, 0) is 9.47 Å². The van der Waals surface area contributed by atoms with E-state index in [0.717, 1.165) is 4.70 Å². The third-order valence-corrected chi connectivity index (χ3v) is 7.09. The first-order chi connectivity index (χ1) is 16.4. The Bertz CT molecular complexity index is 1190. The van der Waals surface area contributed by atoms with E-state index in [9.17, 15) is 9.18 Å². The van der Waals surface area contributed by atoms with Crippen LogP contribution in [0.2, 0.25) is 0 Å². The molecule has 2 unspecified atom stereocenters. The van der Waals surface area contributed by atoms with Crippen LogP contribution in [0.15, 0.2) is 29.9 Å². The summed E-state index contributed by atoms with van der Waals surface area (Å²) in [4.78, 5) is 23.0. The van der Waals surface area contributed by atoms with Crippen molar-refractivity contribution in [1.29, 1.82) is 0 Å². The second kappa shape index (κ2) is 9.34. The zero-order chi connectivity index (χ0) is 23.8. The number of amides is 1. The van der Waals surface area contributed by atoms with Crippen molar-refractivity contribution in [3.05, 3.63) is 35.7 Å². The molecule has 3 aromatic rings. The van der Waals surface area contributed by atoms with Gasteiger partial charge < -0.3 is 23.8 Å². The Balaban J connectivity index is 1.40. The standard InChI is InChI=1S/C24H26FN3O5S/c1-13(2)32-24(29)28-7-14-9-31-10-15(8-28)21(14)33-23-22-20(26-12-27-23)18(11-34-22)17-5-4-16(30-3)6-19(17)25/h4-6,11-15,21H,7-10H2,1-3H3. The van der Waals surface area contributed by atoms with Gasteiger partial charge >= 0.3 is 6.09 Å². The normalized spacial score (nSPS) is 22.1. The molecule has 0 radical (unpaired) electrons. The van der Waals surface area contributed by atoms with Crippen LogP contribution in [0.25, 0.3) is 21.3 Å². The number of likely N-dealkylation sites (tertiary alicyclic amines) is 1. The molecule has 0 N–H and O–H groups in total. The number of carbonyl (C=O) groups is 1. The van der Waals surface area contributed by atoms with E-state index in [1.807, 2.05) is 19.2 Å². The fourth-order valence-corrected chi connectivity index (χ4v) is 5.54. The van der Waals surface area contributed by atoms with Crippen molar-refractivity contribution < 1.29 is 28.1 Å². The quantitative estimate of drug-likeness (QED) is 0.528. The Hall–Kier alpha value is -2.98. The van der Waals surface area contributed by atoms with Gasteiger partial charge in [-0.15, -0.1) is 11.3 Å². The summed E-state index contributed by atoms with van der Waals surface area (Å²) in [6, 6.07) is 4.77. The predicted molar refractivity (Wildman–Crippen MR) is 125 cm³/mol. The number of aromatic nitrogens is 2. The average molecular weight is 488 g/mol. The first-order valence-corrected chi connectivity index (χ1v) is 12.1. The number of thiophene rings is 1. The Kier molecular flexibility index (Phi) is 6.26. The van der Waals surface area contributed by atoms with Gasteiger partial charge in [0.2, 0.25) is 5.88 Å². The van der Waals surface area contributed by atoms with E-state index in [0.29, 0.717) is 54.6 Å². The molecule has 0 spiro atoms. The lowest BCUT2D eigenvalue weighted by Gasteiger charge is -2.45. The van der Waals surface area contributed by atoms with E-state index in [4.69, 9.17) is 18.9 Å². The molecule has 8 nitrogen and oxygen atoms in total. The molecule has 2 bridgehead atoms. The lowest BCUT2D eigenvalue weighted by atomic mass is 9.84. The number of hydrogen-bond donors (Lipinski definition) is 0. The van der Waals surface area contributed by atoms with Crippen molar-refractivity contribution in [2.75, 3.05) is 33.4 Å². The second-order valence-electron chi connectivity index (χ2n) is 8.83. The van der Waals surface area contributed by atoms with Gasteiger partial charge in [-0.05, 0) is 26.0 Å². The molecule has 0 aliphatic carbocycles. The van der Waals surface area contributed by atoms with Gasteiger partial charge in [-0.1, -0.05) is 0 Å². The van der Waals surface area contributed by atoms with Crippen LogP contribution >= 0.6 is 11.3 Å². The number of carbonyl (C=O) groups excluding carboxylic acids is 1. The first kappa shape index (κ1) is 22.8. The van der Waals surface area contributed by atoms with E-state index < -0.39 is 0 Å². The molecule has 34 heavy (non-hydrogen) atoms. The molecule has 2 aromatic heterocycles. The number of methoxy groups -OCH3 is 1. The van der Waals surface area contributed by atoms with Crippen LogP contribution in [0.1, 0.15) is 13.8 Å². The molecule has 180 valence electrons. The van der Waals surface area contributed by atoms with Gasteiger partial charge in [-0.25, -0.2) is 19.2 Å². The topological polar surface area (TPSA) is 83.0 Å². The molecular formula is C24H26FN3O5S. The Morgan fingerprint density at radius 2 is 1.97 bits per heavy atom. The lowest BCUT2D eigenvalue weighted by Crippen LogP contribution is -2.58. The summed E-state index contributed by atoms with van der Waals surface area (Å²) in [5, 5.41) is 1.87. The highest BCUT2D eigenvalue weighted by Gasteiger charge is 2.44. The summed E-state index contributed by atoms with van der Waals surface area (Å²) in [5.74, 6) is 0.533. The molecule has 1 amide bonds. The largest absolute Gasteiger partial charge is 0.497 e. The molecule has 4 heterocycles. The summed E-state index contributed by atoms with van der Waals surface area (Å²) in [6.07, 6.45) is 0.810. The van der Waals surface area contributed by atoms with Crippen molar-refractivity contribution in [2.24, 2.45) is 11.8 Å². The van der Waals surface area contributed by atoms with Crippen molar-refractivity contribution in [3.8, 4) is 22.8 Å². The lowest BCUT2D eigenvalue weighted by molar-refractivity contribution is -0.110. The van der Waals surface area contributed by atoms with Crippen molar-refractivity contribution in [3.63, 3.8) is 0 Å². The van der Waals surface area contributed by atoms with E-state index in [1.54, 1.807) is 17.0 Å². The number of rotatable bonds is 5. The van der Waals surface area contributed by atoms with Crippen LogP contribution in [0, 0.1) is 17.7 Å². The third-order valence-electron chi connectivity index (χ3n) is 6.13. The van der Waals surface area contributed by atoms with Gasteiger partial charge in [0.15, 0.2) is 0 Å². The number of hydrogen-bond acceptors (Lipinski definition) is 8. The van der Waals surface area contributed by atoms with Gasteiger partial charge in [0.25, 0.3) is 0 Å². The van der Waals surface area contributed by atoms with Crippen molar-refractivity contribution in [2.45, 2.75) is 26.1 Å². The number of piperidine rings is 1. The number of nitrogens with zero attached hydrogens (tertiary/aromatic N) is 3. The second-order valence-corrected chi connectivity index (χ2v) is 9.71. The fraction of sp³-hybridized carbons (Fsp3) is 0.458. The fourth-order valence-electron chi connectivity index (χ4n) is 4.59. The van der Waals surface area contributed by atoms with E-state index in [1.165, 1.54) is 30.8 Å². The highest BCUT2D eigenvalue weighted by molar-refractivity contribution is 7.18. The molecule has 2 aliphatic heterocycles. The highest BCUT2D eigenvalue weighted by Crippen LogP contribution is 2.40. The molecule has 5 rings (SSSR count). The molecule has 10 heteroatoms. The summed E-state index contributed by atoms with van der Waals surface area (Å²) in [7, 11) is 1.50. The van der Waals surface area contributed by atoms with Gasteiger partial charge in [0, 0.05) is 47.5 Å². The maximum atomic E-state index is 14.7. The number of benzene rings is 1. The molecule has 0 saturated carbocycles. The van der Waals surface area contributed by atoms with Crippen molar-refractivity contribution in [1.82, 2.24) is 14.9 Å². The van der Waals surface area contributed by atoms with E-state index in [2.05, 4.69) is 9.97 Å². The maximum Gasteiger partial charge on any atom is 0.410 e. The summed E-state index contributed by atoms with van der Waals surface area (Å²) in [5.41, 5.74) is 1.76. The van der Waals surface area contributed by atoms with E-state index in [-0.39, 0.29) is 36.0 Å². The van der Waals surface area contributed by atoms with Gasteiger partial charge in [-0.2, -0.15) is 0 Å². The minimum absolute atomic E-state index is 0.00399. The molecule has 2 saturated heterocycles. The zero-order valence-corrected chi connectivity index (χ0v) is 20.0. The number of halogens is 1. The number of ether oxygens (including phenoxy) is 4. The molecule has 2 fully saturated rings. The van der Waals surface area contributed by atoms with Gasteiger partial charge in [-0.3, -0.25) is 0 Å². The van der Waals surface area contributed by atoms with Crippen LogP contribution in [0.4, 0.5) is 9.18 Å². The molecule has 2 aliphatic rings. The van der Waals surface area contributed by atoms with Crippen molar-refractivity contribution >= 4 is 27.6 Å². The monoisotopic (exact) mass is 487 g/mol. The summed E-state index contributed by atoms with van der Waals surface area (Å²) >= 11 is 1.42. The average Bonchev–Trinajstić information content (AvgIpc) is 3.23. The Morgan fingerprint density at radius 3 is 2.65 bits per heavy atom. The minimum atomic E-state index is -0.382. The van der Waals surface area contributed by atoms with Gasteiger partial charge in [0.1, 0.15) is 28.7 Å². The predicted octanol–water partition coefficient (Wildman–Crippen LogP) is 4.38. The summed E-state index contributed by atoms with van der Waals surface area (Å²) < 4.78 is 38.2. The molecule has 1 aromatic carbocycles. The third kappa shape index (κ3) is 4.27. The van der Waals surface area contributed by atoms with E-state index >= 15 is 0 Å². The molecule has 2 atom stereocenters. The SMILES string of the molecule is COc1ccc(-c2csc3c(OC4C5COCC4CN(C(=O)OC(C)C)C5)ncnc23)c(F)c1. The van der Waals surface area contributed by atoms with Gasteiger partial charge in [0.05, 0.1) is 31.9 Å². The zero-order valence-electron chi connectivity index (χ0n) is 19.2. The minimum Gasteiger partial charge on any atom is -0.497 e. The Morgan fingerprint density at radius 1 is 1.21 bits per heavy atom. The molecular weight excluding hydrogens is 461 g/mol. The maximum absolute atomic E-state index is 14.7.